The number of ether oxygens (including phenoxy) is 1. The first-order valence-corrected chi connectivity index (χ1v) is 45.9. The van der Waals surface area contributed by atoms with E-state index in [1.165, 1.54) is 94.6 Å². The van der Waals surface area contributed by atoms with Gasteiger partial charge in [0.15, 0.2) is 23.1 Å². The van der Waals surface area contributed by atoms with Crippen LogP contribution in [0.5, 0.6) is 0 Å². The summed E-state index contributed by atoms with van der Waals surface area (Å²) in [7, 11) is 12.1. The molecule has 0 bridgehead atoms. The van der Waals surface area contributed by atoms with Crippen molar-refractivity contribution < 1.29 is 42.4 Å². The molecule has 0 aliphatic carbocycles. The van der Waals surface area contributed by atoms with Crippen LogP contribution in [-0.2, 0) is 37.5 Å². The van der Waals surface area contributed by atoms with Crippen LogP contribution in [0.4, 0.5) is 20.2 Å². The first kappa shape index (κ1) is 101. The number of nitriles is 2. The van der Waals surface area contributed by atoms with E-state index in [-0.39, 0.29) is 39.3 Å². The zero-order valence-corrected chi connectivity index (χ0v) is 78.7. The summed E-state index contributed by atoms with van der Waals surface area (Å²) in [5.41, 5.74) is 24.7. The van der Waals surface area contributed by atoms with Crippen LogP contribution in [0.15, 0.2) is 200 Å². The molecule has 0 unspecified atom stereocenters. The maximum atomic E-state index is 14.5. The molecule has 0 spiro atoms. The van der Waals surface area contributed by atoms with Crippen LogP contribution in [0.25, 0.3) is 55.6 Å². The summed E-state index contributed by atoms with van der Waals surface area (Å²) < 4.78 is 33.5. The van der Waals surface area contributed by atoms with Gasteiger partial charge in [0, 0.05) is 160 Å². The van der Waals surface area contributed by atoms with E-state index in [4.69, 9.17) is 5.73 Å². The molecular formula is C108H128F2N14O8. The van der Waals surface area contributed by atoms with Gasteiger partial charge in [0.05, 0.1) is 46.4 Å². The van der Waals surface area contributed by atoms with E-state index < -0.39 is 17.6 Å². The molecule has 692 valence electrons. The summed E-state index contributed by atoms with van der Waals surface area (Å²) in [5, 5.41) is 30.9. The van der Waals surface area contributed by atoms with Gasteiger partial charge in [0.2, 0.25) is 0 Å². The van der Waals surface area contributed by atoms with Crippen molar-refractivity contribution in [2.45, 2.75) is 99.4 Å². The van der Waals surface area contributed by atoms with Crippen molar-refractivity contribution >= 4 is 40.5 Å². The Morgan fingerprint density at radius 3 is 1.07 bits per heavy atom. The average molecular weight is 1790 g/mol. The Hall–Kier alpha value is -12.0. The topological polar surface area (TPSA) is 244 Å². The zero-order valence-electron chi connectivity index (χ0n) is 78.7. The van der Waals surface area contributed by atoms with Gasteiger partial charge in [0.1, 0.15) is 11.6 Å². The fourth-order valence-corrected chi connectivity index (χ4v) is 17.4. The summed E-state index contributed by atoms with van der Waals surface area (Å²) in [4.78, 5) is 92.8. The lowest BCUT2D eigenvalue weighted by Gasteiger charge is -2.20. The number of nitro groups is 1. The minimum Gasteiger partial charge on any atom is -0.465 e. The number of Topliss-reactive ketones (excluding diaryl/α,β-unsaturated/α-hetero) is 4. The number of nitrogen functional groups attached to an aromatic ring is 1. The lowest BCUT2D eigenvalue weighted by molar-refractivity contribution is -0.384. The molecule has 15 rings (SSSR count). The van der Waals surface area contributed by atoms with E-state index >= 15 is 0 Å². The molecule has 5 saturated heterocycles. The molecule has 2 N–H and O–H groups in total. The van der Waals surface area contributed by atoms with Gasteiger partial charge >= 0.3 is 5.97 Å². The summed E-state index contributed by atoms with van der Waals surface area (Å²) in [5.74, 6) is -1.53. The van der Waals surface area contributed by atoms with Crippen molar-refractivity contribution in [3.63, 3.8) is 0 Å². The Morgan fingerprint density at radius 2 is 0.682 bits per heavy atom. The Labute approximate surface area is 778 Å². The van der Waals surface area contributed by atoms with Crippen LogP contribution in [0.1, 0.15) is 156 Å². The van der Waals surface area contributed by atoms with Gasteiger partial charge < -0.3 is 35.0 Å². The fourth-order valence-electron chi connectivity index (χ4n) is 17.4. The van der Waals surface area contributed by atoms with Crippen LogP contribution in [0.2, 0.25) is 0 Å². The second-order valence-electron chi connectivity index (χ2n) is 35.7. The van der Waals surface area contributed by atoms with Crippen LogP contribution in [-0.4, -0.2) is 256 Å². The lowest BCUT2D eigenvalue weighted by atomic mass is 9.95. The Balaban J connectivity index is 0.000000159. The van der Waals surface area contributed by atoms with Crippen LogP contribution in [0, 0.1) is 51.3 Å². The lowest BCUT2D eigenvalue weighted by Crippen LogP contribution is -2.28. The Kier molecular flexibility index (Phi) is 37.7. The highest BCUT2D eigenvalue weighted by atomic mass is 19.1. The number of esters is 1. The van der Waals surface area contributed by atoms with Crippen molar-refractivity contribution in [2.75, 3.05) is 179 Å². The molecule has 5 heterocycles. The molecule has 10 aromatic rings. The number of rotatable bonds is 21. The average Bonchev–Trinajstić information content (AvgIpc) is 0.829. The predicted molar refractivity (Wildman–Crippen MR) is 523 cm³/mol. The maximum Gasteiger partial charge on any atom is 0.337 e. The van der Waals surface area contributed by atoms with Gasteiger partial charge in [-0.05, 0) is 266 Å². The number of hydrogen-bond acceptors (Lipinski definition) is 21. The van der Waals surface area contributed by atoms with Crippen molar-refractivity contribution in [2.24, 2.45) is 0 Å². The third-order valence-corrected chi connectivity index (χ3v) is 25.3. The van der Waals surface area contributed by atoms with Crippen molar-refractivity contribution in [3.8, 4) is 67.8 Å². The number of hydrogen-bond donors (Lipinski definition) is 1. The number of nitrogens with two attached hydrogens (primary N) is 1. The van der Waals surface area contributed by atoms with Gasteiger partial charge in [-0.25, -0.2) is 13.6 Å². The number of ketones is 4. The van der Waals surface area contributed by atoms with Gasteiger partial charge in [0.25, 0.3) is 5.69 Å². The first-order valence-electron chi connectivity index (χ1n) is 45.9. The number of nitro benzene ring substituents is 1. The molecule has 10 aromatic carbocycles. The molecular weight excluding hydrogens is 1660 g/mol. The minimum absolute atomic E-state index is 0.0190. The number of carbonyl (C=O) groups excluding carboxylic acids is 5. The SMILES string of the molecule is CC(=O)c1ccc(-c2ccc(CN3CCCN(C)CC3)cc2)cc1C.CC(=O)c1ccc(-c2ccc(CN3CCCN(C)CC3)cc2C#N)c(F)c1.CC(=O)c1ccc(-c2ccc(CN3CCCN(C)CC3)cc2C#N)c(N)c1.CC(=O)c1ccc(-c2ccc(CN3CCCN(C)CC3)cc2[N+](=O)[O-])cc1.COC(=O)c1ccc(-c2ccc(CN3CCCN(C)CC3)cc2)c(F)c1. The van der Waals surface area contributed by atoms with E-state index in [1.54, 1.807) is 73.7 Å². The third kappa shape index (κ3) is 29.5. The van der Waals surface area contributed by atoms with E-state index in [0.717, 1.165) is 213 Å². The summed E-state index contributed by atoms with van der Waals surface area (Å²) in [6.07, 6.45) is 5.84. The number of methoxy groups -OCH3 is 1. The zero-order chi connectivity index (χ0) is 94.5. The molecule has 5 aliphatic rings. The second kappa shape index (κ2) is 49.5. The number of carbonyl (C=O) groups is 5. The maximum absolute atomic E-state index is 14.5. The highest BCUT2D eigenvalue weighted by molar-refractivity contribution is 5.98. The first-order chi connectivity index (χ1) is 63.5. The fraction of sp³-hybridized carbons (Fsp3) is 0.380. The summed E-state index contributed by atoms with van der Waals surface area (Å²) in [6.45, 7) is 34.0. The molecule has 0 aromatic heterocycles. The molecule has 22 nitrogen and oxygen atoms in total. The van der Waals surface area contributed by atoms with Gasteiger partial charge in [-0.15, -0.1) is 0 Å². The van der Waals surface area contributed by atoms with Gasteiger partial charge in [-0.2, -0.15) is 10.5 Å². The molecule has 5 fully saturated rings. The van der Waals surface area contributed by atoms with E-state index in [0.29, 0.717) is 55.8 Å². The number of anilines is 1. The highest BCUT2D eigenvalue weighted by Gasteiger charge is 2.24. The number of nitrogens with zero attached hydrogens (tertiary/aromatic N) is 13. The predicted octanol–water partition coefficient (Wildman–Crippen LogP) is 17.9. The number of benzene rings is 10. The molecule has 5 aliphatic heterocycles. The molecule has 0 saturated carbocycles. The van der Waals surface area contributed by atoms with Crippen molar-refractivity contribution in [1.29, 1.82) is 10.5 Å². The summed E-state index contributed by atoms with van der Waals surface area (Å²) >= 11 is 0. The van der Waals surface area contributed by atoms with Crippen molar-refractivity contribution in [3.05, 3.63) is 294 Å². The summed E-state index contributed by atoms with van der Waals surface area (Å²) in [6, 6.07) is 65.6. The second-order valence-corrected chi connectivity index (χ2v) is 35.7. The number of halogens is 2. The van der Waals surface area contributed by atoms with Gasteiger partial charge in [-0.3, -0.25) is 53.8 Å². The van der Waals surface area contributed by atoms with Gasteiger partial charge in [-0.1, -0.05) is 152 Å². The minimum atomic E-state index is -0.533. The standard InChI is InChI=1S/C22H24FN3O.C22H26N4O.C22H28N2O.C21H25FN2O2.C21H25N3O3/c1-16(27)18-5-7-21(22(23)13-18)20-6-4-17(12-19(20)14-24)15-26-9-3-8-25(2)10-11-26;1-16(27)18-5-7-21(22(24)13-18)20-6-4-17(12-19(20)14-23)15-26-9-3-8-25(2)10-11-26;1-17-15-21(9-10-22(17)18(2)25)20-7-5-19(6-8-20)16-24-12-4-11-23(3)13-14-24;1-23-10-3-11-24(13-12-23)15-16-4-6-17(7-5-16)19-9-8-18(14-20(19)22)21(25)26-2;1-16(25)18-5-7-19(8-6-18)20-9-4-17(14-21(20)24(26)27)15-23-11-3-10-22(2)12-13-23/h4-7,12-13H,3,8-11,15H2,1-2H3;4-7,12-13H,3,8-11,15,24H2,1-2H3;5-10,15H,4,11-14,16H2,1-3H3;4-9,14H,3,10-13,15H2,1-2H3;4-9,14H,3,10-13,15H2,1-2H3. The van der Waals surface area contributed by atoms with Crippen molar-refractivity contribution in [1.82, 2.24) is 49.0 Å². The molecule has 0 amide bonds. The van der Waals surface area contributed by atoms with Crippen LogP contribution in [0.3, 0.4) is 0 Å². The largest absolute Gasteiger partial charge is 0.465 e. The molecule has 0 atom stereocenters. The number of likely N-dealkylation sites (N-methyl/N-ethyl adjacent to an activating group) is 5. The molecule has 132 heavy (non-hydrogen) atoms. The third-order valence-electron chi connectivity index (χ3n) is 25.3. The Morgan fingerprint density at radius 1 is 0.356 bits per heavy atom. The van der Waals surface area contributed by atoms with Crippen LogP contribution < -0.4 is 5.73 Å². The van der Waals surface area contributed by atoms with E-state index in [9.17, 15) is 53.4 Å². The van der Waals surface area contributed by atoms with E-state index in [2.05, 4.69) is 150 Å². The van der Waals surface area contributed by atoms with Crippen LogP contribution >= 0.6 is 0 Å². The Bertz CT molecular complexity index is 5570. The van der Waals surface area contributed by atoms with E-state index in [1.807, 2.05) is 79.7 Å². The monoisotopic (exact) mass is 1790 g/mol. The number of aryl methyl sites for hydroxylation is 1. The molecule has 24 heteroatoms. The quantitative estimate of drug-likeness (QED) is 0.0231. The molecule has 0 radical (unpaired) electrons. The smallest absolute Gasteiger partial charge is 0.337 e. The highest BCUT2D eigenvalue weighted by Crippen LogP contribution is 2.36. The normalized spacial score (nSPS) is 16.1.